The number of hydrogen-bond acceptors (Lipinski definition) is 6. The summed E-state index contributed by atoms with van der Waals surface area (Å²) in [7, 11) is 0. The van der Waals surface area contributed by atoms with E-state index in [-0.39, 0.29) is 54.9 Å². The molecule has 0 radical (unpaired) electrons. The Morgan fingerprint density at radius 3 is 2.55 bits per heavy atom. The Morgan fingerprint density at radius 2 is 1.88 bits per heavy atom. The van der Waals surface area contributed by atoms with Crippen molar-refractivity contribution in [1.82, 2.24) is 15.3 Å². The van der Waals surface area contributed by atoms with Gasteiger partial charge in [0.15, 0.2) is 0 Å². The molecule has 220 valence electrons. The van der Waals surface area contributed by atoms with Crippen LogP contribution in [0, 0.1) is 11.7 Å². The van der Waals surface area contributed by atoms with Gasteiger partial charge in [0.05, 0.1) is 6.20 Å². The van der Waals surface area contributed by atoms with E-state index in [4.69, 9.17) is 11.6 Å². The summed E-state index contributed by atoms with van der Waals surface area (Å²) in [4.78, 5) is 51.7. The minimum absolute atomic E-state index is 0.0615. The molecule has 1 saturated heterocycles. The zero-order valence-corrected chi connectivity index (χ0v) is 23.3. The smallest absolute Gasteiger partial charge is 0.250 e. The highest BCUT2D eigenvalue weighted by Gasteiger charge is 2.45. The van der Waals surface area contributed by atoms with Crippen LogP contribution in [-0.4, -0.2) is 52.6 Å². The maximum atomic E-state index is 14.6. The van der Waals surface area contributed by atoms with Crippen LogP contribution in [0.25, 0.3) is 0 Å². The second-order valence-electron chi connectivity index (χ2n) is 10.6. The van der Waals surface area contributed by atoms with Crippen LogP contribution < -0.4 is 15.1 Å². The molecule has 5 rings (SSSR count). The summed E-state index contributed by atoms with van der Waals surface area (Å²) in [6.07, 6.45) is 4.68. The van der Waals surface area contributed by atoms with Gasteiger partial charge in [0.2, 0.25) is 11.8 Å². The second-order valence-corrected chi connectivity index (χ2v) is 11.0. The molecule has 8 nitrogen and oxygen atoms in total. The summed E-state index contributed by atoms with van der Waals surface area (Å²) in [5, 5.41) is 3.03. The summed E-state index contributed by atoms with van der Waals surface area (Å²) in [5.41, 5.74) is 0.357. The molecule has 3 atom stereocenters. The molecule has 2 fully saturated rings. The van der Waals surface area contributed by atoms with E-state index in [1.807, 2.05) is 0 Å². The van der Waals surface area contributed by atoms with Crippen molar-refractivity contribution in [1.29, 1.82) is 0 Å². The lowest BCUT2D eigenvalue weighted by Crippen LogP contribution is -2.53. The zero-order chi connectivity index (χ0) is 29.9. The summed E-state index contributed by atoms with van der Waals surface area (Å²) in [5.74, 6) is -4.82. The molecule has 2 heterocycles. The molecular formula is C30H29ClF3N5O3. The fourth-order valence-corrected chi connectivity index (χ4v) is 5.88. The first-order chi connectivity index (χ1) is 20.2. The van der Waals surface area contributed by atoms with E-state index in [9.17, 15) is 27.6 Å². The highest BCUT2D eigenvalue weighted by Crippen LogP contribution is 2.38. The van der Waals surface area contributed by atoms with E-state index in [1.54, 1.807) is 29.2 Å². The van der Waals surface area contributed by atoms with Gasteiger partial charge in [0.25, 0.3) is 5.91 Å². The van der Waals surface area contributed by atoms with E-state index >= 15 is 0 Å². The summed E-state index contributed by atoms with van der Waals surface area (Å²) >= 11 is 6.57. The Kier molecular flexibility index (Phi) is 8.77. The summed E-state index contributed by atoms with van der Waals surface area (Å²) in [6.45, 7) is 0.189. The summed E-state index contributed by atoms with van der Waals surface area (Å²) < 4.78 is 42.3. The lowest BCUT2D eigenvalue weighted by Gasteiger charge is -2.37. The lowest BCUT2D eigenvalue weighted by atomic mass is 9.91. The number of aromatic nitrogens is 2. The van der Waals surface area contributed by atoms with Crippen LogP contribution >= 0.6 is 11.6 Å². The Labute approximate surface area is 245 Å². The number of halogens is 4. The Morgan fingerprint density at radius 1 is 1.12 bits per heavy atom. The van der Waals surface area contributed by atoms with E-state index in [2.05, 4.69) is 15.3 Å². The van der Waals surface area contributed by atoms with Gasteiger partial charge in [-0.25, -0.2) is 18.2 Å². The number of anilines is 2. The van der Waals surface area contributed by atoms with E-state index in [1.165, 1.54) is 41.7 Å². The van der Waals surface area contributed by atoms with Gasteiger partial charge in [0, 0.05) is 60.0 Å². The third-order valence-corrected chi connectivity index (χ3v) is 8.09. The van der Waals surface area contributed by atoms with Crippen LogP contribution in [0.5, 0.6) is 0 Å². The van der Waals surface area contributed by atoms with Gasteiger partial charge in [-0.05, 0) is 43.5 Å². The molecule has 1 N–H and O–H groups in total. The van der Waals surface area contributed by atoms with E-state index < -0.39 is 47.6 Å². The van der Waals surface area contributed by atoms with Crippen LogP contribution in [0.1, 0.15) is 43.7 Å². The average Bonchev–Trinajstić information content (AvgIpc) is 3.42. The van der Waals surface area contributed by atoms with Crippen molar-refractivity contribution in [3.8, 4) is 0 Å². The van der Waals surface area contributed by atoms with Crippen molar-refractivity contribution in [2.24, 2.45) is 5.92 Å². The predicted octanol–water partition coefficient (Wildman–Crippen LogP) is 5.13. The van der Waals surface area contributed by atoms with Crippen LogP contribution in [0.4, 0.5) is 24.7 Å². The molecule has 12 heteroatoms. The first-order valence-corrected chi connectivity index (χ1v) is 14.0. The fraction of sp³-hybridized carbons (Fsp3) is 0.367. The largest absolute Gasteiger partial charge is 0.351 e. The number of amides is 2. The second kappa shape index (κ2) is 12.5. The van der Waals surface area contributed by atoms with Crippen molar-refractivity contribution < 1.29 is 27.6 Å². The van der Waals surface area contributed by atoms with Gasteiger partial charge in [-0.2, -0.15) is 0 Å². The zero-order valence-electron chi connectivity index (χ0n) is 22.5. The number of carbonyl (C=O) groups is 3. The van der Waals surface area contributed by atoms with Crippen LogP contribution in [0.3, 0.4) is 0 Å². The summed E-state index contributed by atoms with van der Waals surface area (Å²) in [6, 6.07) is 8.85. The van der Waals surface area contributed by atoms with Gasteiger partial charge in [0.1, 0.15) is 30.0 Å². The number of nitrogens with zero attached hydrogens (tertiary/aromatic N) is 4. The van der Waals surface area contributed by atoms with Gasteiger partial charge >= 0.3 is 0 Å². The molecular weight excluding hydrogens is 571 g/mol. The Balaban J connectivity index is 1.58. The quantitative estimate of drug-likeness (QED) is 0.361. The molecule has 1 aliphatic carbocycles. The maximum Gasteiger partial charge on any atom is 0.250 e. The highest BCUT2D eigenvalue weighted by atomic mass is 35.5. The van der Waals surface area contributed by atoms with Gasteiger partial charge in [-0.15, -0.1) is 0 Å². The van der Waals surface area contributed by atoms with E-state index in [0.29, 0.717) is 5.82 Å². The average molecular weight is 600 g/mol. The molecule has 2 aliphatic rings. The molecule has 42 heavy (non-hydrogen) atoms. The van der Waals surface area contributed by atoms with Crippen molar-refractivity contribution >= 4 is 41.2 Å². The van der Waals surface area contributed by atoms with Crippen LogP contribution in [0.15, 0.2) is 67.1 Å². The molecule has 2 aromatic carbocycles. The van der Waals surface area contributed by atoms with Crippen molar-refractivity contribution in [3.05, 3.63) is 83.5 Å². The van der Waals surface area contributed by atoms with E-state index in [0.717, 1.165) is 12.4 Å². The molecule has 1 aliphatic heterocycles. The molecule has 2 amide bonds. The predicted molar refractivity (Wildman–Crippen MR) is 151 cm³/mol. The molecule has 1 saturated carbocycles. The standard InChI is InChI=1S/C30H29ClF3N5O3/c31-24-7-2-1-6-23(24)27(28(41)37-21-8-10-30(33,34)11-9-21)39(22-5-3-4-20(32)15-22)29(42)25-14-19(18-40)17-38(25)26-16-35-12-13-36-26/h1-7,12-13,15-16,18-19,21,25,27H,8-11,14,17H2,(H,37,41)/t19?,25-,27-/m0/s1. The third kappa shape index (κ3) is 6.41. The molecule has 1 unspecified atom stereocenters. The SMILES string of the molecule is O=CC1C[C@@H](C(=O)N(c2cccc(F)c2)[C@H](C(=O)NC2CCC(F)(F)CC2)c2ccccc2Cl)N(c2cnccn2)C1. The fourth-order valence-electron chi connectivity index (χ4n) is 5.64. The number of carbonyl (C=O) groups excluding carboxylic acids is 3. The first-order valence-electron chi connectivity index (χ1n) is 13.7. The van der Waals surface area contributed by atoms with Gasteiger partial charge in [-0.3, -0.25) is 19.5 Å². The third-order valence-electron chi connectivity index (χ3n) is 7.75. The van der Waals surface area contributed by atoms with Crippen LogP contribution in [-0.2, 0) is 14.4 Å². The van der Waals surface area contributed by atoms with Crippen LogP contribution in [0.2, 0.25) is 5.02 Å². The number of nitrogens with one attached hydrogen (secondary N) is 1. The monoisotopic (exact) mass is 599 g/mol. The number of rotatable bonds is 8. The number of aldehydes is 1. The van der Waals surface area contributed by atoms with Crippen molar-refractivity contribution in [2.75, 3.05) is 16.3 Å². The Hall–Kier alpha value is -3.99. The van der Waals surface area contributed by atoms with Gasteiger partial charge in [-0.1, -0.05) is 35.9 Å². The van der Waals surface area contributed by atoms with Crippen molar-refractivity contribution in [2.45, 2.75) is 56.2 Å². The van der Waals surface area contributed by atoms with Gasteiger partial charge < -0.3 is 15.0 Å². The minimum atomic E-state index is -2.80. The highest BCUT2D eigenvalue weighted by molar-refractivity contribution is 6.31. The lowest BCUT2D eigenvalue weighted by molar-refractivity contribution is -0.128. The number of benzene rings is 2. The first kappa shape index (κ1) is 29.5. The minimum Gasteiger partial charge on any atom is -0.351 e. The molecule has 3 aromatic rings. The molecule has 0 spiro atoms. The Bertz CT molecular complexity index is 1440. The van der Waals surface area contributed by atoms with Crippen molar-refractivity contribution in [3.63, 3.8) is 0 Å². The maximum absolute atomic E-state index is 14.6. The molecule has 1 aromatic heterocycles. The topological polar surface area (TPSA) is 95.5 Å². The number of hydrogen-bond donors (Lipinski definition) is 1. The normalized spacial score (nSPS) is 21.0. The number of alkyl halides is 2. The molecule has 0 bridgehead atoms.